The van der Waals surface area contributed by atoms with Crippen molar-refractivity contribution in [2.45, 2.75) is 31.1 Å². The Balaban J connectivity index is 2.09. The van der Waals surface area contributed by atoms with Gasteiger partial charge in [-0.1, -0.05) is 19.4 Å². The van der Waals surface area contributed by atoms with Gasteiger partial charge in [-0.05, 0) is 37.0 Å². The molecule has 0 N–H and O–H groups in total. The number of carbonyl (C=O) groups is 1. The maximum absolute atomic E-state index is 12.3. The summed E-state index contributed by atoms with van der Waals surface area (Å²) < 4.78 is 0. The van der Waals surface area contributed by atoms with Crippen LogP contribution < -0.4 is 0 Å². The number of hydrogen-bond acceptors (Lipinski definition) is 2. The molecule has 0 aromatic heterocycles. The van der Waals surface area contributed by atoms with Gasteiger partial charge in [-0.3, -0.25) is 4.79 Å². The fraction of sp³-hybridized carbons (Fsp3) is 0.500. The number of benzene rings is 1. The van der Waals surface area contributed by atoms with Gasteiger partial charge >= 0.3 is 0 Å². The van der Waals surface area contributed by atoms with Crippen LogP contribution in [0.4, 0.5) is 0 Å². The second-order valence-electron chi connectivity index (χ2n) is 4.72. The summed E-state index contributed by atoms with van der Waals surface area (Å²) in [5.41, 5.74) is 0.759. The van der Waals surface area contributed by atoms with Gasteiger partial charge in [0.15, 0.2) is 0 Å². The van der Waals surface area contributed by atoms with E-state index in [-0.39, 0.29) is 5.91 Å². The highest BCUT2D eigenvalue weighted by Crippen LogP contribution is 2.21. The Morgan fingerprint density at radius 1 is 1.53 bits per heavy atom. The fourth-order valence-electron chi connectivity index (χ4n) is 2.40. The summed E-state index contributed by atoms with van der Waals surface area (Å²) in [6, 6.07) is 7.50. The van der Waals surface area contributed by atoms with Crippen LogP contribution in [0.25, 0.3) is 0 Å². The summed E-state index contributed by atoms with van der Waals surface area (Å²) in [5.74, 6) is 0.825. The molecular weight excluding hydrogens is 230 g/mol. The van der Waals surface area contributed by atoms with E-state index in [0.717, 1.165) is 36.4 Å². The molecule has 1 heterocycles. The van der Waals surface area contributed by atoms with Crippen LogP contribution in [-0.4, -0.2) is 23.9 Å². The quantitative estimate of drug-likeness (QED) is 0.798. The molecule has 0 aliphatic carbocycles. The number of nitrogens with zero attached hydrogens (tertiary/aromatic N) is 1. The molecule has 1 aromatic carbocycles. The second-order valence-corrected chi connectivity index (χ2v) is 5.23. The highest BCUT2D eigenvalue weighted by atomic mass is 32.1. The van der Waals surface area contributed by atoms with Crippen molar-refractivity contribution >= 4 is 18.5 Å². The maximum atomic E-state index is 12.3. The van der Waals surface area contributed by atoms with Gasteiger partial charge in [0.2, 0.25) is 0 Å². The first-order valence-electron chi connectivity index (χ1n) is 6.29. The van der Waals surface area contributed by atoms with Gasteiger partial charge in [0.05, 0.1) is 0 Å². The Morgan fingerprint density at radius 2 is 2.35 bits per heavy atom. The predicted octanol–water partition coefficient (Wildman–Crippen LogP) is 3.24. The molecule has 0 saturated carbocycles. The topological polar surface area (TPSA) is 20.3 Å². The van der Waals surface area contributed by atoms with Crippen molar-refractivity contribution in [2.24, 2.45) is 5.92 Å². The number of thiol groups is 1. The van der Waals surface area contributed by atoms with Crippen molar-refractivity contribution in [3.05, 3.63) is 29.8 Å². The summed E-state index contributed by atoms with van der Waals surface area (Å²) in [7, 11) is 0. The zero-order chi connectivity index (χ0) is 12.3. The van der Waals surface area contributed by atoms with E-state index in [9.17, 15) is 4.79 Å². The molecule has 2 rings (SSSR count). The molecule has 3 heteroatoms. The SMILES string of the molecule is CCC1CCCN(C(=O)c2cccc(S)c2)C1. The van der Waals surface area contributed by atoms with Crippen molar-refractivity contribution < 1.29 is 4.79 Å². The zero-order valence-electron chi connectivity index (χ0n) is 10.2. The Kier molecular flexibility index (Phi) is 4.11. The average molecular weight is 249 g/mol. The second kappa shape index (κ2) is 5.58. The first-order valence-corrected chi connectivity index (χ1v) is 6.73. The Bertz CT molecular complexity index is 405. The van der Waals surface area contributed by atoms with E-state index in [4.69, 9.17) is 0 Å². The lowest BCUT2D eigenvalue weighted by Crippen LogP contribution is -2.39. The van der Waals surface area contributed by atoms with Crippen LogP contribution in [0.3, 0.4) is 0 Å². The van der Waals surface area contributed by atoms with Gasteiger partial charge in [0.1, 0.15) is 0 Å². The van der Waals surface area contributed by atoms with Crippen molar-refractivity contribution in [1.82, 2.24) is 4.90 Å². The van der Waals surface area contributed by atoms with E-state index < -0.39 is 0 Å². The monoisotopic (exact) mass is 249 g/mol. The van der Waals surface area contributed by atoms with Crippen LogP contribution >= 0.6 is 12.6 Å². The normalized spacial score (nSPS) is 20.4. The lowest BCUT2D eigenvalue weighted by Gasteiger charge is -2.32. The summed E-state index contributed by atoms with van der Waals surface area (Å²) in [5, 5.41) is 0. The third kappa shape index (κ3) is 3.03. The van der Waals surface area contributed by atoms with Gasteiger partial charge in [-0.25, -0.2) is 0 Å². The third-order valence-electron chi connectivity index (χ3n) is 3.48. The number of piperidine rings is 1. The van der Waals surface area contributed by atoms with Gasteiger partial charge < -0.3 is 4.90 Å². The first-order chi connectivity index (χ1) is 8.20. The van der Waals surface area contributed by atoms with E-state index in [1.54, 1.807) is 0 Å². The molecule has 1 aliphatic rings. The molecule has 2 nitrogen and oxygen atoms in total. The molecular formula is C14H19NOS. The Hall–Kier alpha value is -0.960. The van der Waals surface area contributed by atoms with Crippen LogP contribution in [0, 0.1) is 5.92 Å². The molecule has 1 amide bonds. The standard InChI is InChI=1S/C14H19NOS/c1-2-11-5-4-8-15(10-11)14(16)12-6-3-7-13(17)9-12/h3,6-7,9,11,17H,2,4-5,8,10H2,1H3. The number of rotatable bonds is 2. The Morgan fingerprint density at radius 3 is 3.06 bits per heavy atom. The smallest absolute Gasteiger partial charge is 0.253 e. The molecule has 0 bridgehead atoms. The minimum absolute atomic E-state index is 0.152. The van der Waals surface area contributed by atoms with E-state index in [1.165, 1.54) is 6.42 Å². The molecule has 0 radical (unpaired) electrons. The largest absolute Gasteiger partial charge is 0.338 e. The number of hydrogen-bond donors (Lipinski definition) is 1. The molecule has 17 heavy (non-hydrogen) atoms. The molecule has 1 fully saturated rings. The zero-order valence-corrected chi connectivity index (χ0v) is 11.1. The summed E-state index contributed by atoms with van der Waals surface area (Å²) in [6.07, 6.45) is 3.55. The summed E-state index contributed by atoms with van der Waals surface area (Å²) in [4.78, 5) is 15.1. The van der Waals surface area contributed by atoms with Crippen LogP contribution in [-0.2, 0) is 0 Å². The van der Waals surface area contributed by atoms with Crippen LogP contribution in [0.1, 0.15) is 36.5 Å². The molecule has 92 valence electrons. The van der Waals surface area contributed by atoms with Crippen LogP contribution in [0.5, 0.6) is 0 Å². The fourth-order valence-corrected chi connectivity index (χ4v) is 2.63. The highest BCUT2D eigenvalue weighted by Gasteiger charge is 2.23. The average Bonchev–Trinajstić information content (AvgIpc) is 2.38. The van der Waals surface area contributed by atoms with Crippen molar-refractivity contribution in [3.63, 3.8) is 0 Å². The minimum Gasteiger partial charge on any atom is -0.338 e. The molecule has 1 unspecified atom stereocenters. The van der Waals surface area contributed by atoms with Gasteiger partial charge in [-0.15, -0.1) is 12.6 Å². The number of amides is 1. The molecule has 1 atom stereocenters. The molecule has 1 aromatic rings. The van der Waals surface area contributed by atoms with E-state index in [0.29, 0.717) is 5.92 Å². The van der Waals surface area contributed by atoms with Crippen molar-refractivity contribution in [2.75, 3.05) is 13.1 Å². The van der Waals surface area contributed by atoms with Crippen molar-refractivity contribution in [3.8, 4) is 0 Å². The van der Waals surface area contributed by atoms with Crippen LogP contribution in [0.15, 0.2) is 29.2 Å². The summed E-state index contributed by atoms with van der Waals surface area (Å²) in [6.45, 7) is 4.01. The third-order valence-corrected chi connectivity index (χ3v) is 3.75. The summed E-state index contributed by atoms with van der Waals surface area (Å²) >= 11 is 4.28. The van der Waals surface area contributed by atoms with Gasteiger partial charge in [0.25, 0.3) is 5.91 Å². The maximum Gasteiger partial charge on any atom is 0.253 e. The van der Waals surface area contributed by atoms with Gasteiger partial charge in [0, 0.05) is 23.5 Å². The number of likely N-dealkylation sites (tertiary alicyclic amines) is 1. The van der Waals surface area contributed by atoms with E-state index in [2.05, 4.69) is 19.6 Å². The minimum atomic E-state index is 0.152. The molecule has 1 aliphatic heterocycles. The predicted molar refractivity (Wildman–Crippen MR) is 72.6 cm³/mol. The number of carbonyl (C=O) groups excluding carboxylic acids is 1. The van der Waals surface area contributed by atoms with Crippen molar-refractivity contribution in [1.29, 1.82) is 0 Å². The first kappa shape index (κ1) is 12.5. The van der Waals surface area contributed by atoms with Gasteiger partial charge in [-0.2, -0.15) is 0 Å². The van der Waals surface area contributed by atoms with E-state index in [1.807, 2.05) is 29.2 Å². The lowest BCUT2D eigenvalue weighted by molar-refractivity contribution is 0.0671. The highest BCUT2D eigenvalue weighted by molar-refractivity contribution is 7.80. The Labute approximate surface area is 108 Å². The lowest BCUT2D eigenvalue weighted by atomic mass is 9.95. The van der Waals surface area contributed by atoms with E-state index >= 15 is 0 Å². The molecule has 1 saturated heterocycles. The van der Waals surface area contributed by atoms with Crippen LogP contribution in [0.2, 0.25) is 0 Å². The molecule has 0 spiro atoms.